The van der Waals surface area contributed by atoms with E-state index in [1.165, 1.54) is 0 Å². The van der Waals surface area contributed by atoms with Gasteiger partial charge in [-0.05, 0) is 81.2 Å². The highest BCUT2D eigenvalue weighted by Crippen LogP contribution is 2.46. The van der Waals surface area contributed by atoms with Crippen LogP contribution in [0.3, 0.4) is 0 Å². The molecule has 2 aliphatic heterocycles. The lowest BCUT2D eigenvalue weighted by atomic mass is 10.0. The Morgan fingerprint density at radius 3 is 2.71 bits per heavy atom. The molecule has 1 unspecified atom stereocenters. The molecule has 5 heterocycles. The first-order chi connectivity index (χ1) is 21.7. The van der Waals surface area contributed by atoms with Crippen LogP contribution >= 0.6 is 0 Å². The van der Waals surface area contributed by atoms with Crippen molar-refractivity contribution in [3.8, 4) is 17.3 Å². The van der Waals surface area contributed by atoms with Crippen LogP contribution in [-0.2, 0) is 23.1 Å². The molecule has 1 saturated heterocycles. The maximum Gasteiger partial charge on any atom is 0.254 e. The Bertz CT molecular complexity index is 1780. The van der Waals surface area contributed by atoms with Gasteiger partial charge in [0.05, 0.1) is 36.2 Å². The number of nitrogens with one attached hydrogen (secondary N) is 1. The van der Waals surface area contributed by atoms with Crippen LogP contribution in [0.15, 0.2) is 30.3 Å². The van der Waals surface area contributed by atoms with Crippen LogP contribution in [-0.4, -0.2) is 75.3 Å². The summed E-state index contributed by atoms with van der Waals surface area (Å²) in [6, 6.07) is 9.70. The number of methoxy groups -OCH3 is 2. The minimum Gasteiger partial charge on any atom is -0.494 e. The molecule has 2 bridgehead atoms. The van der Waals surface area contributed by atoms with Crippen molar-refractivity contribution in [2.24, 2.45) is 24.6 Å². The number of hydrogen-bond acceptors (Lipinski definition) is 7. The molecule has 2 amide bonds. The van der Waals surface area contributed by atoms with E-state index in [1.54, 1.807) is 14.2 Å². The molecule has 11 heteroatoms. The Hall–Kier alpha value is -3.96. The van der Waals surface area contributed by atoms with Gasteiger partial charge in [-0.15, -0.1) is 0 Å². The largest absolute Gasteiger partial charge is 0.494 e. The molecule has 0 radical (unpaired) electrons. The number of amides is 2. The maximum absolute atomic E-state index is 13.5. The number of imidazole rings is 1. The number of pyridine rings is 1. The number of carbonyl (C=O) groups excluding carboxylic acids is 2. The van der Waals surface area contributed by atoms with Gasteiger partial charge in [-0.2, -0.15) is 0 Å². The number of nitrogens with zero attached hydrogens (tertiary/aromatic N) is 5. The Labute approximate surface area is 263 Å². The van der Waals surface area contributed by atoms with Crippen molar-refractivity contribution in [1.29, 1.82) is 0 Å². The Kier molecular flexibility index (Phi) is 7.77. The monoisotopic (exact) mass is 613 g/mol. The van der Waals surface area contributed by atoms with E-state index in [2.05, 4.69) is 22.0 Å². The second-order valence-electron chi connectivity index (χ2n) is 13.1. The zero-order chi connectivity index (χ0) is 31.4. The van der Waals surface area contributed by atoms with Crippen LogP contribution in [0.5, 0.6) is 5.75 Å². The lowest BCUT2D eigenvalue weighted by molar-refractivity contribution is -0.122. The summed E-state index contributed by atoms with van der Waals surface area (Å²) in [5, 5.41) is 4.14. The molecule has 238 valence electrons. The fourth-order valence-corrected chi connectivity index (χ4v) is 7.48. The average Bonchev–Trinajstić information content (AvgIpc) is 3.59. The van der Waals surface area contributed by atoms with E-state index in [-0.39, 0.29) is 30.0 Å². The highest BCUT2D eigenvalue weighted by Gasteiger charge is 2.43. The summed E-state index contributed by atoms with van der Waals surface area (Å²) < 4.78 is 16.1. The van der Waals surface area contributed by atoms with Crippen molar-refractivity contribution >= 4 is 33.9 Å². The van der Waals surface area contributed by atoms with E-state index in [4.69, 9.17) is 25.2 Å². The van der Waals surface area contributed by atoms with Crippen LogP contribution in [0.4, 0.5) is 0 Å². The number of hydrogen-bond donors (Lipinski definition) is 2. The molecule has 3 aromatic heterocycles. The normalized spacial score (nSPS) is 25.7. The van der Waals surface area contributed by atoms with Gasteiger partial charge in [0.2, 0.25) is 5.91 Å². The lowest BCUT2D eigenvalue weighted by Crippen LogP contribution is -2.45. The standard InChI is InChI=1S/C34H43N7O4/c1-19-25-11-10-20-15-27(41(32(20)37-25)17-22-13-24(22)28(44-3)8-5-9-30(42)36-19)33-38-26-14-21(16-29(45-4)31(26)39(33)2)34(43)40-12-6-7-23(35)18-40/h10-11,14-16,19,22-24,28H,5-9,12-13,17-18,35H2,1-4H3,(H,36,42)/t19-,22+,23-,24-,28?/m1/s1. The van der Waals surface area contributed by atoms with Gasteiger partial charge in [-0.25, -0.2) is 9.97 Å². The number of likely N-dealkylation sites (tertiary alicyclic amines) is 1. The molecule has 7 rings (SSSR count). The van der Waals surface area contributed by atoms with Crippen molar-refractivity contribution in [2.75, 3.05) is 27.3 Å². The summed E-state index contributed by atoms with van der Waals surface area (Å²) in [5.74, 6) is 2.24. The molecule has 1 saturated carbocycles. The summed E-state index contributed by atoms with van der Waals surface area (Å²) in [5.41, 5.74) is 10.9. The first-order valence-electron chi connectivity index (χ1n) is 16.2. The molecule has 5 atom stereocenters. The molecule has 0 spiro atoms. The zero-order valence-corrected chi connectivity index (χ0v) is 26.6. The molecule has 45 heavy (non-hydrogen) atoms. The summed E-state index contributed by atoms with van der Waals surface area (Å²) in [6.07, 6.45) is 5.18. The van der Waals surface area contributed by atoms with E-state index >= 15 is 0 Å². The van der Waals surface area contributed by atoms with Gasteiger partial charge in [0, 0.05) is 57.2 Å². The number of aryl methyl sites for hydroxylation is 1. The highest BCUT2D eigenvalue weighted by molar-refractivity contribution is 6.00. The van der Waals surface area contributed by atoms with Gasteiger partial charge in [0.15, 0.2) is 5.82 Å². The minimum absolute atomic E-state index is 0.00171. The van der Waals surface area contributed by atoms with Crippen molar-refractivity contribution < 1.29 is 19.1 Å². The maximum atomic E-state index is 13.5. The fourth-order valence-electron chi connectivity index (χ4n) is 7.48. The Morgan fingerprint density at radius 2 is 1.93 bits per heavy atom. The molecular formula is C34H43N7O4. The SMILES string of the molecule is COc1cc(C(=O)N2CCC[C@@H](N)C2)cc2nc(-c3cc4ccc5nc4n3C[C@@H]3C[C@H]3C(OC)CCCC(=O)N[C@@H]5C)n(C)c12. The number of nitrogens with two attached hydrogens (primary N) is 1. The van der Waals surface area contributed by atoms with Gasteiger partial charge in [-0.1, -0.05) is 0 Å². The number of aromatic nitrogens is 4. The molecule has 11 nitrogen and oxygen atoms in total. The molecule has 1 aliphatic carbocycles. The third kappa shape index (κ3) is 5.46. The van der Waals surface area contributed by atoms with E-state index in [9.17, 15) is 9.59 Å². The van der Waals surface area contributed by atoms with Gasteiger partial charge in [0.1, 0.15) is 16.9 Å². The third-order valence-corrected chi connectivity index (χ3v) is 10.0. The minimum atomic E-state index is -0.214. The quantitative estimate of drug-likeness (QED) is 0.353. The van der Waals surface area contributed by atoms with Gasteiger partial charge >= 0.3 is 0 Å². The number of ether oxygens (including phenoxy) is 2. The number of carbonyl (C=O) groups is 2. The predicted molar refractivity (Wildman–Crippen MR) is 172 cm³/mol. The van der Waals surface area contributed by atoms with E-state index < -0.39 is 0 Å². The number of piperidine rings is 1. The zero-order valence-electron chi connectivity index (χ0n) is 26.6. The van der Waals surface area contributed by atoms with E-state index in [0.29, 0.717) is 48.2 Å². The summed E-state index contributed by atoms with van der Waals surface area (Å²) >= 11 is 0. The molecule has 3 aliphatic rings. The summed E-state index contributed by atoms with van der Waals surface area (Å²) in [7, 11) is 5.40. The third-order valence-electron chi connectivity index (χ3n) is 10.0. The molecular weight excluding hydrogens is 570 g/mol. The van der Waals surface area contributed by atoms with Gasteiger partial charge < -0.3 is 34.6 Å². The summed E-state index contributed by atoms with van der Waals surface area (Å²) in [6.45, 7) is 4.02. The van der Waals surface area contributed by atoms with Crippen molar-refractivity contribution in [3.05, 3.63) is 41.6 Å². The van der Waals surface area contributed by atoms with E-state index in [0.717, 1.165) is 72.4 Å². The molecule has 4 aromatic rings. The van der Waals surface area contributed by atoms with Crippen molar-refractivity contribution in [1.82, 2.24) is 29.3 Å². The van der Waals surface area contributed by atoms with Crippen LogP contribution in [0.2, 0.25) is 0 Å². The van der Waals surface area contributed by atoms with Crippen molar-refractivity contribution in [3.63, 3.8) is 0 Å². The van der Waals surface area contributed by atoms with Crippen LogP contribution < -0.4 is 15.8 Å². The second-order valence-corrected chi connectivity index (χ2v) is 13.1. The van der Waals surface area contributed by atoms with Gasteiger partial charge in [0.25, 0.3) is 5.91 Å². The van der Waals surface area contributed by atoms with Crippen LogP contribution in [0.25, 0.3) is 33.6 Å². The van der Waals surface area contributed by atoms with Gasteiger partial charge in [-0.3, -0.25) is 9.59 Å². The lowest BCUT2D eigenvalue weighted by Gasteiger charge is -2.30. The van der Waals surface area contributed by atoms with E-state index in [1.807, 2.05) is 41.6 Å². The van der Waals surface area contributed by atoms with Crippen LogP contribution in [0, 0.1) is 11.8 Å². The Balaban J connectivity index is 1.33. The first-order valence-corrected chi connectivity index (χ1v) is 16.2. The highest BCUT2D eigenvalue weighted by atomic mass is 16.5. The molecule has 3 N–H and O–H groups in total. The number of fused-ring (bicyclic) bond motifs is 3. The topological polar surface area (TPSA) is 130 Å². The molecule has 1 aromatic carbocycles. The van der Waals surface area contributed by atoms with Crippen molar-refractivity contribution in [2.45, 2.75) is 70.2 Å². The molecule has 2 fully saturated rings. The smallest absolute Gasteiger partial charge is 0.254 e. The Morgan fingerprint density at radius 1 is 1.09 bits per heavy atom. The fraction of sp³-hybridized carbons (Fsp3) is 0.529. The average molecular weight is 614 g/mol. The predicted octanol–water partition coefficient (Wildman–Crippen LogP) is 4.17. The first kappa shape index (κ1) is 29.7. The van der Waals surface area contributed by atoms with Crippen LogP contribution in [0.1, 0.15) is 67.5 Å². The summed E-state index contributed by atoms with van der Waals surface area (Å²) in [4.78, 5) is 38.3. The number of rotatable bonds is 4. The second kappa shape index (κ2) is 11.8. The number of benzene rings is 1.